The lowest BCUT2D eigenvalue weighted by molar-refractivity contribution is -0.0881. The van der Waals surface area contributed by atoms with Crippen LogP contribution < -0.4 is 5.32 Å². The molecule has 1 aliphatic rings. The van der Waals surface area contributed by atoms with Gasteiger partial charge in [-0.15, -0.1) is 0 Å². The van der Waals surface area contributed by atoms with Gasteiger partial charge in [0.15, 0.2) is 0 Å². The van der Waals surface area contributed by atoms with Gasteiger partial charge in [-0.05, 0) is 30.5 Å². The average molecular weight is 326 g/mol. The van der Waals surface area contributed by atoms with Crippen LogP contribution in [-0.2, 0) is 4.74 Å². The van der Waals surface area contributed by atoms with Crippen LogP contribution in [0.25, 0.3) is 0 Å². The zero-order valence-corrected chi connectivity index (χ0v) is 13.6. The van der Waals surface area contributed by atoms with Crippen LogP contribution in [0.3, 0.4) is 0 Å². The largest absolute Gasteiger partial charge is 0.367 e. The molecule has 1 fully saturated rings. The third kappa shape index (κ3) is 3.59. The highest BCUT2D eigenvalue weighted by molar-refractivity contribution is 9.10. The summed E-state index contributed by atoms with van der Waals surface area (Å²) >= 11 is 3.54. The van der Waals surface area contributed by atoms with Crippen molar-refractivity contribution in [2.75, 3.05) is 6.54 Å². The zero-order chi connectivity index (χ0) is 13.8. The van der Waals surface area contributed by atoms with E-state index in [9.17, 15) is 0 Å². The maximum absolute atomic E-state index is 6.40. The molecule has 19 heavy (non-hydrogen) atoms. The minimum Gasteiger partial charge on any atom is -0.367 e. The molecular formula is C16H24BrNO. The van der Waals surface area contributed by atoms with Gasteiger partial charge in [0.1, 0.15) is 0 Å². The van der Waals surface area contributed by atoms with Crippen molar-refractivity contribution < 1.29 is 4.74 Å². The first kappa shape index (κ1) is 15.0. The highest BCUT2D eigenvalue weighted by Gasteiger charge is 2.32. The van der Waals surface area contributed by atoms with Gasteiger partial charge in [-0.1, -0.05) is 54.8 Å². The van der Waals surface area contributed by atoms with Gasteiger partial charge < -0.3 is 10.1 Å². The number of benzene rings is 1. The van der Waals surface area contributed by atoms with Crippen molar-refractivity contribution in [3.63, 3.8) is 0 Å². The van der Waals surface area contributed by atoms with Gasteiger partial charge in [0, 0.05) is 17.1 Å². The Bertz CT molecular complexity index is 405. The van der Waals surface area contributed by atoms with Crippen molar-refractivity contribution in [3.05, 3.63) is 34.3 Å². The molecule has 1 aromatic rings. The second kappa shape index (κ2) is 6.87. The van der Waals surface area contributed by atoms with Gasteiger partial charge in [-0.25, -0.2) is 0 Å². The highest BCUT2D eigenvalue weighted by atomic mass is 79.9. The zero-order valence-electron chi connectivity index (χ0n) is 12.0. The van der Waals surface area contributed by atoms with Gasteiger partial charge in [-0.3, -0.25) is 0 Å². The molecule has 1 N–H and O–H groups in total. The number of hydrogen-bond donors (Lipinski definition) is 1. The summed E-state index contributed by atoms with van der Waals surface area (Å²) in [6.07, 6.45) is 2.84. The molecule has 0 aliphatic carbocycles. The fourth-order valence-electron chi connectivity index (χ4n) is 2.91. The maximum Gasteiger partial charge on any atom is 0.0980 e. The van der Waals surface area contributed by atoms with Crippen molar-refractivity contribution in [2.24, 2.45) is 5.92 Å². The number of hydrogen-bond acceptors (Lipinski definition) is 2. The van der Waals surface area contributed by atoms with Crippen LogP contribution in [0.2, 0.25) is 0 Å². The molecule has 1 aromatic carbocycles. The summed E-state index contributed by atoms with van der Waals surface area (Å²) in [5.74, 6) is 0.648. The van der Waals surface area contributed by atoms with E-state index in [0.29, 0.717) is 18.1 Å². The van der Waals surface area contributed by atoms with Crippen LogP contribution in [0.1, 0.15) is 45.3 Å². The Balaban J connectivity index is 2.14. The molecule has 1 heterocycles. The van der Waals surface area contributed by atoms with Crippen molar-refractivity contribution in [1.82, 2.24) is 5.32 Å². The van der Waals surface area contributed by atoms with E-state index in [0.717, 1.165) is 11.0 Å². The van der Waals surface area contributed by atoms with Gasteiger partial charge in [-0.2, -0.15) is 0 Å². The molecule has 106 valence electrons. The molecular weight excluding hydrogens is 302 g/mol. The number of halogens is 1. The Labute approximate surface area is 125 Å². The molecule has 2 rings (SSSR count). The van der Waals surface area contributed by atoms with Crippen LogP contribution in [0.5, 0.6) is 0 Å². The molecule has 0 radical (unpaired) electrons. The standard InChI is InChI=1S/C16H24BrNO/c1-4-12(5-2)15-10-18-11(3)16(19-15)13-7-6-8-14(17)9-13/h6-9,11-12,15-16,18H,4-5,10H2,1-3H3. The number of ether oxygens (including phenoxy) is 1. The van der Waals surface area contributed by atoms with Crippen LogP contribution in [0, 0.1) is 5.92 Å². The molecule has 0 saturated carbocycles. The van der Waals surface area contributed by atoms with E-state index < -0.39 is 0 Å². The molecule has 3 atom stereocenters. The molecule has 3 heteroatoms. The SMILES string of the molecule is CCC(CC)C1CNC(C)C(c2cccc(Br)c2)O1. The van der Waals surface area contributed by atoms with Crippen LogP contribution in [0.4, 0.5) is 0 Å². The summed E-state index contributed by atoms with van der Waals surface area (Å²) in [6.45, 7) is 7.68. The quantitative estimate of drug-likeness (QED) is 0.890. The molecule has 3 unspecified atom stereocenters. The predicted molar refractivity (Wildman–Crippen MR) is 83.3 cm³/mol. The monoisotopic (exact) mass is 325 g/mol. The minimum absolute atomic E-state index is 0.150. The Kier molecular flexibility index (Phi) is 5.43. The van der Waals surface area contributed by atoms with E-state index in [4.69, 9.17) is 4.74 Å². The molecule has 1 saturated heterocycles. The molecule has 0 bridgehead atoms. The second-order valence-electron chi connectivity index (χ2n) is 5.42. The fourth-order valence-corrected chi connectivity index (χ4v) is 3.32. The van der Waals surface area contributed by atoms with E-state index in [1.807, 2.05) is 0 Å². The average Bonchev–Trinajstić information content (AvgIpc) is 2.42. The third-order valence-corrected chi connectivity index (χ3v) is 4.66. The number of nitrogens with one attached hydrogen (secondary N) is 1. The van der Waals surface area contributed by atoms with E-state index in [2.05, 4.69) is 66.3 Å². The summed E-state index contributed by atoms with van der Waals surface area (Å²) in [6, 6.07) is 8.82. The van der Waals surface area contributed by atoms with E-state index in [1.165, 1.54) is 18.4 Å². The smallest absolute Gasteiger partial charge is 0.0980 e. The van der Waals surface area contributed by atoms with Crippen molar-refractivity contribution in [2.45, 2.75) is 51.9 Å². The minimum atomic E-state index is 0.150. The predicted octanol–water partition coefficient (Wildman–Crippen LogP) is 4.30. The Hall–Kier alpha value is -0.380. The Morgan fingerprint density at radius 3 is 2.74 bits per heavy atom. The summed E-state index contributed by atoms with van der Waals surface area (Å²) in [5.41, 5.74) is 1.25. The third-order valence-electron chi connectivity index (χ3n) is 4.17. The lowest BCUT2D eigenvalue weighted by Crippen LogP contribution is -2.49. The first-order chi connectivity index (χ1) is 9.15. The molecule has 0 spiro atoms. The van der Waals surface area contributed by atoms with E-state index in [-0.39, 0.29) is 6.10 Å². The molecule has 0 amide bonds. The topological polar surface area (TPSA) is 21.3 Å². The fraction of sp³-hybridized carbons (Fsp3) is 0.625. The lowest BCUT2D eigenvalue weighted by Gasteiger charge is -2.39. The Morgan fingerprint density at radius 1 is 1.37 bits per heavy atom. The van der Waals surface area contributed by atoms with E-state index in [1.54, 1.807) is 0 Å². The van der Waals surface area contributed by atoms with Gasteiger partial charge in [0.2, 0.25) is 0 Å². The van der Waals surface area contributed by atoms with Crippen LogP contribution in [0.15, 0.2) is 28.7 Å². The molecule has 0 aromatic heterocycles. The van der Waals surface area contributed by atoms with Crippen LogP contribution >= 0.6 is 15.9 Å². The maximum atomic E-state index is 6.40. The first-order valence-electron chi connectivity index (χ1n) is 7.30. The normalized spacial score (nSPS) is 27.7. The van der Waals surface area contributed by atoms with Gasteiger partial charge in [0.05, 0.1) is 12.2 Å². The van der Waals surface area contributed by atoms with E-state index >= 15 is 0 Å². The Morgan fingerprint density at radius 2 is 2.11 bits per heavy atom. The van der Waals surface area contributed by atoms with Gasteiger partial charge >= 0.3 is 0 Å². The molecule has 2 nitrogen and oxygen atoms in total. The first-order valence-corrected chi connectivity index (χ1v) is 8.09. The summed E-state index contributed by atoms with van der Waals surface area (Å²) in [7, 11) is 0. The van der Waals surface area contributed by atoms with Crippen LogP contribution in [-0.4, -0.2) is 18.7 Å². The summed E-state index contributed by atoms with van der Waals surface area (Å²) in [5, 5.41) is 3.61. The molecule has 1 aliphatic heterocycles. The summed E-state index contributed by atoms with van der Waals surface area (Å²) in [4.78, 5) is 0. The van der Waals surface area contributed by atoms with Crippen molar-refractivity contribution in [1.29, 1.82) is 0 Å². The van der Waals surface area contributed by atoms with Crippen molar-refractivity contribution in [3.8, 4) is 0 Å². The second-order valence-corrected chi connectivity index (χ2v) is 6.34. The highest BCUT2D eigenvalue weighted by Crippen LogP contribution is 2.31. The lowest BCUT2D eigenvalue weighted by atomic mass is 9.92. The number of rotatable bonds is 4. The van der Waals surface area contributed by atoms with Gasteiger partial charge in [0.25, 0.3) is 0 Å². The summed E-state index contributed by atoms with van der Waals surface area (Å²) < 4.78 is 7.52. The number of morpholine rings is 1. The van der Waals surface area contributed by atoms with Crippen molar-refractivity contribution >= 4 is 15.9 Å².